The Kier molecular flexibility index (Phi) is 9.07. The summed E-state index contributed by atoms with van der Waals surface area (Å²) in [6.07, 6.45) is 0.959. The molecule has 0 bridgehead atoms. The van der Waals surface area contributed by atoms with E-state index in [1.165, 1.54) is 0 Å². The quantitative estimate of drug-likeness (QED) is 0.387. The molecule has 2 N–H and O–H groups in total. The molecule has 39 heavy (non-hydrogen) atoms. The molecule has 3 atom stereocenters. The number of alkyl halides is 1. The van der Waals surface area contributed by atoms with E-state index in [1.54, 1.807) is 9.58 Å². The maximum atomic E-state index is 14.8. The lowest BCUT2D eigenvalue weighted by atomic mass is 9.84. The number of aromatic nitrogens is 3. The molecule has 7 nitrogen and oxygen atoms in total. The molecule has 1 aliphatic rings. The minimum absolute atomic E-state index is 0.0113. The van der Waals surface area contributed by atoms with E-state index in [4.69, 9.17) is 15.5 Å². The van der Waals surface area contributed by atoms with Crippen LogP contribution in [-0.2, 0) is 16.1 Å². The fourth-order valence-corrected chi connectivity index (χ4v) is 4.91. The number of carbonyl (C=O) groups excluding carboxylic acids is 1. The molecular formula is C29H36F3N5O2. The first-order valence-electron chi connectivity index (χ1n) is 13.3. The van der Waals surface area contributed by atoms with Crippen LogP contribution in [0.3, 0.4) is 0 Å². The molecule has 1 saturated heterocycles. The summed E-state index contributed by atoms with van der Waals surface area (Å²) in [5.74, 6) is -1.09. The van der Waals surface area contributed by atoms with Crippen molar-refractivity contribution in [3.63, 3.8) is 0 Å². The Hall–Kier alpha value is -3.24. The molecule has 4 rings (SSSR count). The van der Waals surface area contributed by atoms with Crippen molar-refractivity contribution in [1.82, 2.24) is 19.7 Å². The highest BCUT2D eigenvalue weighted by Gasteiger charge is 2.41. The van der Waals surface area contributed by atoms with Gasteiger partial charge in [-0.1, -0.05) is 51.1 Å². The predicted molar refractivity (Wildman–Crippen MR) is 142 cm³/mol. The van der Waals surface area contributed by atoms with Crippen molar-refractivity contribution < 1.29 is 22.7 Å². The molecule has 10 heteroatoms. The number of nitrogens with two attached hydrogens (primary N) is 1. The summed E-state index contributed by atoms with van der Waals surface area (Å²) in [6.45, 7) is 6.13. The second kappa shape index (κ2) is 12.3. The lowest BCUT2D eigenvalue weighted by molar-refractivity contribution is -0.146. The SMILES string of the molecule is CC(C)(C)C(c1nc(-c2cc(F)ccc2F)nn1Cc1ccccc1)N(CC[C@@H](N)CF)C(=O)[C@@H]1CCCO1. The third-order valence-electron chi connectivity index (χ3n) is 6.85. The van der Waals surface area contributed by atoms with E-state index in [2.05, 4.69) is 5.10 Å². The van der Waals surface area contributed by atoms with Gasteiger partial charge in [-0.05, 0) is 48.4 Å². The van der Waals surface area contributed by atoms with Crippen LogP contribution >= 0.6 is 0 Å². The average molecular weight is 544 g/mol. The highest BCUT2D eigenvalue weighted by atomic mass is 19.1. The molecule has 0 radical (unpaired) electrons. The highest BCUT2D eigenvalue weighted by Crippen LogP contribution is 2.40. The van der Waals surface area contributed by atoms with Crippen molar-refractivity contribution in [3.05, 3.63) is 71.6 Å². The van der Waals surface area contributed by atoms with Gasteiger partial charge in [0.25, 0.3) is 5.91 Å². The van der Waals surface area contributed by atoms with E-state index < -0.39 is 41.9 Å². The molecule has 1 amide bonds. The molecule has 1 unspecified atom stereocenters. The number of ether oxygens (including phenoxy) is 1. The topological polar surface area (TPSA) is 86.3 Å². The van der Waals surface area contributed by atoms with E-state index in [0.717, 1.165) is 30.2 Å². The molecule has 0 aliphatic carbocycles. The van der Waals surface area contributed by atoms with Gasteiger partial charge in [0.05, 0.1) is 18.2 Å². The third-order valence-corrected chi connectivity index (χ3v) is 6.85. The van der Waals surface area contributed by atoms with Crippen molar-refractivity contribution in [2.75, 3.05) is 19.8 Å². The minimum atomic E-state index is -0.732. The standard InChI is InChI=1S/C29H36F3N5O2/c1-29(2,3)25(36(14-13-21(33)17-30)28(38)24-10-7-15-39-24)27-34-26(22-16-20(31)11-12-23(22)32)35-37(27)18-19-8-5-4-6-9-19/h4-6,8-9,11-12,16,21,24-25H,7,10,13-15,17-18,33H2,1-3H3/t21-,24+,25?/m1/s1. The number of nitrogens with zero attached hydrogens (tertiary/aromatic N) is 4. The van der Waals surface area contributed by atoms with Gasteiger partial charge in [-0.15, -0.1) is 0 Å². The van der Waals surface area contributed by atoms with Gasteiger partial charge in [0.15, 0.2) is 11.6 Å². The van der Waals surface area contributed by atoms with Gasteiger partial charge in [-0.2, -0.15) is 5.10 Å². The Morgan fingerprint density at radius 1 is 1.21 bits per heavy atom. The molecule has 2 aromatic carbocycles. The fourth-order valence-electron chi connectivity index (χ4n) is 4.91. The lowest BCUT2D eigenvalue weighted by Crippen LogP contribution is -2.48. The predicted octanol–water partition coefficient (Wildman–Crippen LogP) is 5.05. The van der Waals surface area contributed by atoms with Crippen LogP contribution in [0.15, 0.2) is 48.5 Å². The summed E-state index contributed by atoms with van der Waals surface area (Å²) in [5.41, 5.74) is 6.17. The number of hydrogen-bond donors (Lipinski definition) is 1. The van der Waals surface area contributed by atoms with Crippen LogP contribution in [0.5, 0.6) is 0 Å². The van der Waals surface area contributed by atoms with Crippen molar-refractivity contribution in [2.45, 2.75) is 64.8 Å². The second-order valence-electron chi connectivity index (χ2n) is 11.1. The van der Waals surface area contributed by atoms with E-state index in [9.17, 15) is 18.0 Å². The maximum Gasteiger partial charge on any atom is 0.252 e. The first-order chi connectivity index (χ1) is 18.6. The zero-order chi connectivity index (χ0) is 28.2. The van der Waals surface area contributed by atoms with Crippen LogP contribution < -0.4 is 5.73 Å². The molecule has 3 aromatic rings. The highest BCUT2D eigenvalue weighted by molar-refractivity contribution is 5.81. The maximum absolute atomic E-state index is 14.8. The number of amides is 1. The zero-order valence-electron chi connectivity index (χ0n) is 22.6. The van der Waals surface area contributed by atoms with Gasteiger partial charge < -0.3 is 15.4 Å². The lowest BCUT2D eigenvalue weighted by Gasteiger charge is -2.41. The van der Waals surface area contributed by atoms with Crippen molar-refractivity contribution in [3.8, 4) is 11.4 Å². The summed E-state index contributed by atoms with van der Waals surface area (Å²) >= 11 is 0. The molecule has 0 saturated carbocycles. The number of hydrogen-bond acceptors (Lipinski definition) is 5. The first-order valence-corrected chi connectivity index (χ1v) is 13.3. The number of halogens is 3. The zero-order valence-corrected chi connectivity index (χ0v) is 22.6. The largest absolute Gasteiger partial charge is 0.368 e. The van der Waals surface area contributed by atoms with Gasteiger partial charge >= 0.3 is 0 Å². The van der Waals surface area contributed by atoms with Crippen LogP contribution in [0.1, 0.15) is 57.5 Å². The Morgan fingerprint density at radius 3 is 2.59 bits per heavy atom. The Balaban J connectivity index is 1.86. The normalized spacial score (nSPS) is 17.3. The molecule has 1 aromatic heterocycles. The Bertz CT molecular complexity index is 1260. The van der Waals surface area contributed by atoms with Crippen molar-refractivity contribution in [1.29, 1.82) is 0 Å². The van der Waals surface area contributed by atoms with Crippen molar-refractivity contribution >= 4 is 5.91 Å². The molecule has 0 spiro atoms. The van der Waals surface area contributed by atoms with Gasteiger partial charge in [-0.3, -0.25) is 4.79 Å². The molecule has 2 heterocycles. The second-order valence-corrected chi connectivity index (χ2v) is 11.1. The number of rotatable bonds is 10. The fraction of sp³-hybridized carbons (Fsp3) is 0.483. The summed E-state index contributed by atoms with van der Waals surface area (Å²) in [6, 6.07) is 11.3. The van der Waals surface area contributed by atoms with Gasteiger partial charge in [0.1, 0.15) is 24.4 Å². The minimum Gasteiger partial charge on any atom is -0.368 e. The summed E-state index contributed by atoms with van der Waals surface area (Å²) in [7, 11) is 0. The van der Waals surface area contributed by atoms with Gasteiger partial charge in [-0.25, -0.2) is 22.8 Å². The molecule has 210 valence electrons. The summed E-state index contributed by atoms with van der Waals surface area (Å²) in [4.78, 5) is 20.2. The smallest absolute Gasteiger partial charge is 0.252 e. The van der Waals surface area contributed by atoms with Gasteiger partial charge in [0, 0.05) is 19.2 Å². The Morgan fingerprint density at radius 2 is 1.95 bits per heavy atom. The molecule has 1 fully saturated rings. The summed E-state index contributed by atoms with van der Waals surface area (Å²) in [5, 5.41) is 4.61. The van der Waals surface area contributed by atoms with Crippen LogP contribution in [0.4, 0.5) is 13.2 Å². The van der Waals surface area contributed by atoms with E-state index >= 15 is 0 Å². The number of benzene rings is 2. The monoisotopic (exact) mass is 543 g/mol. The first kappa shape index (κ1) is 28.8. The van der Waals surface area contributed by atoms with Crippen molar-refractivity contribution in [2.24, 2.45) is 11.1 Å². The van der Waals surface area contributed by atoms with E-state index in [0.29, 0.717) is 25.4 Å². The van der Waals surface area contributed by atoms with E-state index in [-0.39, 0.29) is 30.3 Å². The number of carbonyl (C=O) groups is 1. The van der Waals surface area contributed by atoms with Crippen LogP contribution in [0.2, 0.25) is 0 Å². The average Bonchev–Trinajstić information content (AvgIpc) is 3.58. The third kappa shape index (κ3) is 6.86. The Labute approximate surface area is 227 Å². The molecular weight excluding hydrogens is 507 g/mol. The summed E-state index contributed by atoms with van der Waals surface area (Å²) < 4.78 is 49.6. The van der Waals surface area contributed by atoms with Gasteiger partial charge in [0.2, 0.25) is 0 Å². The van der Waals surface area contributed by atoms with E-state index in [1.807, 2.05) is 51.1 Å². The molecule has 1 aliphatic heterocycles. The van der Waals surface area contributed by atoms with Crippen LogP contribution in [0.25, 0.3) is 11.4 Å². The van der Waals surface area contributed by atoms with Crippen LogP contribution in [0, 0.1) is 17.0 Å². The van der Waals surface area contributed by atoms with Crippen LogP contribution in [-0.4, -0.2) is 57.5 Å².